The third-order valence-corrected chi connectivity index (χ3v) is 2.60. The van der Waals surface area contributed by atoms with Gasteiger partial charge in [-0.3, -0.25) is 4.79 Å². The number of methoxy groups -OCH3 is 1. The van der Waals surface area contributed by atoms with Crippen molar-refractivity contribution in [2.24, 2.45) is 7.05 Å². The lowest BCUT2D eigenvalue weighted by Gasteiger charge is -2.10. The van der Waals surface area contributed by atoms with Gasteiger partial charge in [0.05, 0.1) is 12.6 Å². The second-order valence-electron chi connectivity index (χ2n) is 3.59. The Labute approximate surface area is 87.9 Å². The van der Waals surface area contributed by atoms with Crippen molar-refractivity contribution in [2.75, 3.05) is 7.11 Å². The van der Waals surface area contributed by atoms with E-state index >= 15 is 0 Å². The summed E-state index contributed by atoms with van der Waals surface area (Å²) in [7, 11) is 3.37. The van der Waals surface area contributed by atoms with E-state index in [-0.39, 0.29) is 5.56 Å². The van der Waals surface area contributed by atoms with Gasteiger partial charge in [0.25, 0.3) is 5.56 Å². The third kappa shape index (κ3) is 1.40. The van der Waals surface area contributed by atoms with Crippen LogP contribution in [-0.2, 0) is 7.05 Å². The number of ether oxygens (including phenoxy) is 1. The first kappa shape index (κ1) is 9.77. The standard InChI is InChI=1S/C12H13NO2/c1-8-7-9-5-4-6-10(15-3)11(9)13(2)12(8)14/h4-7H,1-3H3. The van der Waals surface area contributed by atoms with Crippen LogP contribution >= 0.6 is 0 Å². The molecule has 1 heterocycles. The predicted octanol–water partition coefficient (Wildman–Crippen LogP) is 1.86. The molecule has 1 aromatic carbocycles. The molecule has 0 atom stereocenters. The molecule has 1 aromatic heterocycles. The van der Waals surface area contributed by atoms with Crippen LogP contribution in [0.2, 0.25) is 0 Å². The molecule has 0 N–H and O–H groups in total. The predicted molar refractivity (Wildman–Crippen MR) is 60.5 cm³/mol. The molecule has 0 radical (unpaired) electrons. The summed E-state index contributed by atoms with van der Waals surface area (Å²) in [5.41, 5.74) is 1.61. The molecule has 0 fully saturated rings. The van der Waals surface area contributed by atoms with E-state index in [0.29, 0.717) is 0 Å². The number of hydrogen-bond acceptors (Lipinski definition) is 2. The van der Waals surface area contributed by atoms with Crippen LogP contribution in [0.25, 0.3) is 10.9 Å². The molecular weight excluding hydrogens is 190 g/mol. The molecular formula is C12H13NO2. The number of nitrogens with zero attached hydrogens (tertiary/aromatic N) is 1. The largest absolute Gasteiger partial charge is 0.495 e. The van der Waals surface area contributed by atoms with Gasteiger partial charge in [-0.25, -0.2) is 0 Å². The molecule has 0 aliphatic heterocycles. The second kappa shape index (κ2) is 3.42. The molecule has 2 rings (SSSR count). The fraction of sp³-hybridized carbons (Fsp3) is 0.250. The minimum Gasteiger partial charge on any atom is -0.495 e. The molecule has 78 valence electrons. The topological polar surface area (TPSA) is 31.2 Å². The minimum absolute atomic E-state index is 0.0204. The first-order valence-electron chi connectivity index (χ1n) is 4.78. The van der Waals surface area contributed by atoms with Crippen molar-refractivity contribution in [3.63, 3.8) is 0 Å². The SMILES string of the molecule is COc1cccc2cc(C)c(=O)n(C)c12. The Kier molecular flexibility index (Phi) is 2.23. The van der Waals surface area contributed by atoms with Gasteiger partial charge in [0.15, 0.2) is 0 Å². The molecule has 0 bridgehead atoms. The first-order valence-corrected chi connectivity index (χ1v) is 4.78. The minimum atomic E-state index is 0.0204. The van der Waals surface area contributed by atoms with E-state index in [4.69, 9.17) is 4.74 Å². The molecule has 3 heteroatoms. The normalized spacial score (nSPS) is 10.6. The third-order valence-electron chi connectivity index (χ3n) is 2.60. The number of aryl methyl sites for hydroxylation is 2. The van der Waals surface area contributed by atoms with Gasteiger partial charge in [0.1, 0.15) is 5.75 Å². The maximum atomic E-state index is 11.8. The number of pyridine rings is 1. The van der Waals surface area contributed by atoms with E-state index in [1.54, 1.807) is 18.7 Å². The second-order valence-corrected chi connectivity index (χ2v) is 3.59. The van der Waals surface area contributed by atoms with Gasteiger partial charge in [-0.2, -0.15) is 0 Å². The summed E-state index contributed by atoms with van der Waals surface area (Å²) in [6, 6.07) is 7.65. The number of hydrogen-bond donors (Lipinski definition) is 0. The lowest BCUT2D eigenvalue weighted by molar-refractivity contribution is 0.417. The highest BCUT2D eigenvalue weighted by atomic mass is 16.5. The summed E-state index contributed by atoms with van der Waals surface area (Å²) < 4.78 is 6.87. The van der Waals surface area contributed by atoms with Crippen molar-refractivity contribution < 1.29 is 4.74 Å². The number of rotatable bonds is 1. The van der Waals surface area contributed by atoms with Crippen LogP contribution in [0.15, 0.2) is 29.1 Å². The zero-order valence-electron chi connectivity index (χ0n) is 9.07. The average molecular weight is 203 g/mol. The van der Waals surface area contributed by atoms with Crippen LogP contribution in [0.1, 0.15) is 5.56 Å². The highest BCUT2D eigenvalue weighted by molar-refractivity contribution is 5.85. The average Bonchev–Trinajstić information content (AvgIpc) is 2.25. The molecule has 3 nitrogen and oxygen atoms in total. The van der Waals surface area contributed by atoms with Crippen LogP contribution < -0.4 is 10.3 Å². The fourth-order valence-corrected chi connectivity index (χ4v) is 1.84. The van der Waals surface area contributed by atoms with Crippen LogP contribution in [0.4, 0.5) is 0 Å². The van der Waals surface area contributed by atoms with Gasteiger partial charge in [0.2, 0.25) is 0 Å². The summed E-state index contributed by atoms with van der Waals surface area (Å²) >= 11 is 0. The van der Waals surface area contributed by atoms with Crippen molar-refractivity contribution in [1.29, 1.82) is 0 Å². The van der Waals surface area contributed by atoms with Gasteiger partial charge in [-0.15, -0.1) is 0 Å². The molecule has 2 aromatic rings. The summed E-state index contributed by atoms with van der Waals surface area (Å²) in [4.78, 5) is 11.8. The fourth-order valence-electron chi connectivity index (χ4n) is 1.84. The van der Waals surface area contributed by atoms with Gasteiger partial charge in [-0.05, 0) is 19.1 Å². The number of benzene rings is 1. The van der Waals surface area contributed by atoms with Gasteiger partial charge in [0, 0.05) is 18.0 Å². The lowest BCUT2D eigenvalue weighted by Crippen LogP contribution is -2.19. The summed E-state index contributed by atoms with van der Waals surface area (Å²) in [5, 5.41) is 1.02. The molecule has 0 aliphatic rings. The number of fused-ring (bicyclic) bond motifs is 1. The van der Waals surface area contributed by atoms with Gasteiger partial charge in [-0.1, -0.05) is 12.1 Å². The van der Waals surface area contributed by atoms with E-state index in [9.17, 15) is 4.79 Å². The van der Waals surface area contributed by atoms with E-state index < -0.39 is 0 Å². The number of aromatic nitrogens is 1. The van der Waals surface area contributed by atoms with Crippen molar-refractivity contribution in [3.05, 3.63) is 40.2 Å². The van der Waals surface area contributed by atoms with Gasteiger partial charge >= 0.3 is 0 Å². The molecule has 0 aliphatic carbocycles. The zero-order chi connectivity index (χ0) is 11.0. The van der Waals surface area contributed by atoms with E-state index in [1.807, 2.05) is 31.2 Å². The zero-order valence-corrected chi connectivity index (χ0v) is 9.07. The highest BCUT2D eigenvalue weighted by Gasteiger charge is 2.07. The Morgan fingerprint density at radius 1 is 1.33 bits per heavy atom. The first-order chi connectivity index (χ1) is 7.15. The monoisotopic (exact) mass is 203 g/mol. The molecule has 0 spiro atoms. The number of para-hydroxylation sites is 1. The highest BCUT2D eigenvalue weighted by Crippen LogP contribution is 2.23. The van der Waals surface area contributed by atoms with Crippen molar-refractivity contribution in [1.82, 2.24) is 4.57 Å². The molecule has 0 unspecified atom stereocenters. The van der Waals surface area contributed by atoms with Crippen LogP contribution in [0.5, 0.6) is 5.75 Å². The van der Waals surface area contributed by atoms with Crippen LogP contribution in [0.3, 0.4) is 0 Å². The van der Waals surface area contributed by atoms with E-state index in [0.717, 1.165) is 22.2 Å². The molecule has 0 saturated heterocycles. The van der Waals surface area contributed by atoms with Crippen LogP contribution in [-0.4, -0.2) is 11.7 Å². The Balaban J connectivity index is 2.99. The molecule has 0 amide bonds. The Morgan fingerprint density at radius 3 is 2.73 bits per heavy atom. The molecule has 0 saturated carbocycles. The smallest absolute Gasteiger partial charge is 0.253 e. The van der Waals surface area contributed by atoms with Crippen molar-refractivity contribution >= 4 is 10.9 Å². The maximum Gasteiger partial charge on any atom is 0.253 e. The summed E-state index contributed by atoms with van der Waals surface area (Å²) in [6.07, 6.45) is 0. The maximum absolute atomic E-state index is 11.8. The van der Waals surface area contributed by atoms with E-state index in [1.165, 1.54) is 0 Å². The Hall–Kier alpha value is -1.77. The Morgan fingerprint density at radius 2 is 2.07 bits per heavy atom. The molecule has 15 heavy (non-hydrogen) atoms. The van der Waals surface area contributed by atoms with Crippen molar-refractivity contribution in [2.45, 2.75) is 6.92 Å². The quantitative estimate of drug-likeness (QED) is 0.708. The lowest BCUT2D eigenvalue weighted by atomic mass is 10.1. The van der Waals surface area contributed by atoms with Gasteiger partial charge < -0.3 is 9.30 Å². The van der Waals surface area contributed by atoms with Crippen LogP contribution in [0, 0.1) is 6.92 Å². The summed E-state index contributed by atoms with van der Waals surface area (Å²) in [5.74, 6) is 0.729. The van der Waals surface area contributed by atoms with Crippen molar-refractivity contribution in [3.8, 4) is 5.75 Å². The van der Waals surface area contributed by atoms with E-state index in [2.05, 4.69) is 0 Å². The Bertz CT molecular complexity index is 570. The summed E-state index contributed by atoms with van der Waals surface area (Å²) in [6.45, 7) is 1.82.